The fourth-order valence-corrected chi connectivity index (χ4v) is 3.13. The molecule has 3 amide bonds. The zero-order valence-corrected chi connectivity index (χ0v) is 14.9. The van der Waals surface area contributed by atoms with Gasteiger partial charge in [0.05, 0.1) is 11.1 Å². The van der Waals surface area contributed by atoms with Gasteiger partial charge in [0.15, 0.2) is 6.04 Å². The summed E-state index contributed by atoms with van der Waals surface area (Å²) < 4.78 is 13.0. The molecule has 0 saturated heterocycles. The predicted octanol–water partition coefficient (Wildman–Crippen LogP) is 2.14. The van der Waals surface area contributed by atoms with E-state index < -0.39 is 41.6 Å². The second-order valence-electron chi connectivity index (χ2n) is 6.47. The molecule has 2 aromatic rings. The lowest BCUT2D eigenvalue weighted by Gasteiger charge is -2.23. The molecule has 0 bridgehead atoms. The number of hydrogen-bond donors (Lipinski definition) is 2. The van der Waals surface area contributed by atoms with Crippen molar-refractivity contribution in [1.29, 1.82) is 0 Å². The molecular weight excluding hydrogens is 367 g/mol. The summed E-state index contributed by atoms with van der Waals surface area (Å²) in [6.45, 7) is 1.54. The predicted molar refractivity (Wildman–Crippen MR) is 95.9 cm³/mol. The second-order valence-corrected chi connectivity index (χ2v) is 6.47. The molecule has 1 aliphatic rings. The lowest BCUT2D eigenvalue weighted by molar-refractivity contribution is -0.142. The fourth-order valence-electron chi connectivity index (χ4n) is 3.13. The molecule has 28 heavy (non-hydrogen) atoms. The summed E-state index contributed by atoms with van der Waals surface area (Å²) in [6, 6.07) is 8.95. The van der Waals surface area contributed by atoms with Crippen molar-refractivity contribution in [2.24, 2.45) is 0 Å². The number of carboxylic acid groups (broad SMARTS) is 1. The molecule has 2 unspecified atom stereocenters. The summed E-state index contributed by atoms with van der Waals surface area (Å²) in [4.78, 5) is 49.8. The van der Waals surface area contributed by atoms with Gasteiger partial charge in [-0.3, -0.25) is 19.3 Å². The van der Waals surface area contributed by atoms with E-state index in [1.54, 1.807) is 12.1 Å². The molecule has 2 atom stereocenters. The van der Waals surface area contributed by atoms with E-state index in [-0.39, 0.29) is 23.1 Å². The van der Waals surface area contributed by atoms with Crippen LogP contribution in [0.1, 0.15) is 45.7 Å². The molecule has 1 aliphatic heterocycles. The Morgan fingerprint density at radius 1 is 1.04 bits per heavy atom. The third kappa shape index (κ3) is 3.62. The van der Waals surface area contributed by atoms with Crippen molar-refractivity contribution in [3.8, 4) is 0 Å². The first-order valence-electron chi connectivity index (χ1n) is 8.54. The van der Waals surface area contributed by atoms with Crippen LogP contribution in [0.4, 0.5) is 4.39 Å². The molecule has 0 saturated carbocycles. The van der Waals surface area contributed by atoms with E-state index in [1.807, 2.05) is 0 Å². The first-order chi connectivity index (χ1) is 13.3. The number of carbonyl (C=O) groups is 4. The minimum Gasteiger partial charge on any atom is -0.479 e. The number of carbonyl (C=O) groups excluding carboxylic acids is 3. The van der Waals surface area contributed by atoms with E-state index in [2.05, 4.69) is 5.32 Å². The minimum absolute atomic E-state index is 0.204. The number of fused-ring (bicyclic) bond motifs is 1. The SMILES string of the molecule is CC(CC(=O)NC(C(=O)O)c1ccc(F)cc1)N1C(=O)c2ccccc2C1=O. The highest BCUT2D eigenvalue weighted by Crippen LogP contribution is 2.25. The van der Waals surface area contributed by atoms with Crippen molar-refractivity contribution < 1.29 is 28.7 Å². The van der Waals surface area contributed by atoms with Crippen LogP contribution in [-0.2, 0) is 9.59 Å². The maximum absolute atomic E-state index is 13.0. The Morgan fingerprint density at radius 2 is 1.57 bits per heavy atom. The Hall–Kier alpha value is -3.55. The van der Waals surface area contributed by atoms with Gasteiger partial charge in [0.1, 0.15) is 5.82 Å². The van der Waals surface area contributed by atoms with Crippen molar-refractivity contribution in [2.45, 2.75) is 25.4 Å². The van der Waals surface area contributed by atoms with Crippen LogP contribution in [-0.4, -0.2) is 39.7 Å². The molecule has 8 heteroatoms. The van der Waals surface area contributed by atoms with Crippen LogP contribution in [0.25, 0.3) is 0 Å². The Balaban J connectivity index is 1.70. The van der Waals surface area contributed by atoms with Gasteiger partial charge in [0.2, 0.25) is 5.91 Å². The first kappa shape index (κ1) is 19.2. The van der Waals surface area contributed by atoms with Gasteiger partial charge < -0.3 is 10.4 Å². The van der Waals surface area contributed by atoms with Crippen molar-refractivity contribution in [1.82, 2.24) is 10.2 Å². The molecule has 7 nitrogen and oxygen atoms in total. The number of halogens is 1. The lowest BCUT2D eigenvalue weighted by Crippen LogP contribution is -2.42. The van der Waals surface area contributed by atoms with Crippen LogP contribution in [0.5, 0.6) is 0 Å². The summed E-state index contributed by atoms with van der Waals surface area (Å²) in [6.07, 6.45) is -0.267. The van der Waals surface area contributed by atoms with Crippen molar-refractivity contribution in [3.63, 3.8) is 0 Å². The molecule has 3 rings (SSSR count). The smallest absolute Gasteiger partial charge is 0.330 e. The molecule has 0 aromatic heterocycles. The van der Waals surface area contributed by atoms with Gasteiger partial charge in [-0.2, -0.15) is 0 Å². The molecule has 0 fully saturated rings. The van der Waals surface area contributed by atoms with E-state index in [0.717, 1.165) is 17.0 Å². The standard InChI is InChI=1S/C20H17FN2O5/c1-11(23-18(25)14-4-2-3-5-15(14)19(23)26)10-16(24)22-17(20(27)28)12-6-8-13(21)9-7-12/h2-9,11,17H,10H2,1H3,(H,22,24)(H,27,28). The van der Waals surface area contributed by atoms with Crippen molar-refractivity contribution in [2.75, 3.05) is 0 Å². The Morgan fingerprint density at radius 3 is 2.07 bits per heavy atom. The summed E-state index contributed by atoms with van der Waals surface area (Å²) in [7, 11) is 0. The normalized spacial score (nSPS) is 15.1. The van der Waals surface area contributed by atoms with Gasteiger partial charge in [-0.25, -0.2) is 9.18 Å². The number of nitrogens with zero attached hydrogens (tertiary/aromatic N) is 1. The third-order valence-electron chi connectivity index (χ3n) is 4.50. The van der Waals surface area contributed by atoms with Gasteiger partial charge in [-0.15, -0.1) is 0 Å². The second kappa shape index (κ2) is 7.59. The number of imide groups is 1. The number of carboxylic acids is 1. The van der Waals surface area contributed by atoms with Crippen LogP contribution in [0.3, 0.4) is 0 Å². The van der Waals surface area contributed by atoms with E-state index in [1.165, 1.54) is 31.2 Å². The van der Waals surface area contributed by atoms with Crippen LogP contribution in [0.2, 0.25) is 0 Å². The maximum atomic E-state index is 13.0. The zero-order valence-electron chi connectivity index (χ0n) is 14.9. The van der Waals surface area contributed by atoms with E-state index >= 15 is 0 Å². The number of hydrogen-bond acceptors (Lipinski definition) is 4. The average molecular weight is 384 g/mol. The van der Waals surface area contributed by atoms with E-state index in [0.29, 0.717) is 0 Å². The number of amides is 3. The largest absolute Gasteiger partial charge is 0.479 e. The summed E-state index contributed by atoms with van der Waals surface area (Å²) >= 11 is 0. The Labute approximate surface area is 159 Å². The highest BCUT2D eigenvalue weighted by atomic mass is 19.1. The Bertz CT molecular complexity index is 922. The molecule has 144 valence electrons. The topological polar surface area (TPSA) is 104 Å². The number of nitrogens with one attached hydrogen (secondary N) is 1. The van der Waals surface area contributed by atoms with E-state index in [9.17, 15) is 28.7 Å². The van der Waals surface area contributed by atoms with Crippen LogP contribution < -0.4 is 5.32 Å². The number of benzene rings is 2. The first-order valence-corrected chi connectivity index (χ1v) is 8.54. The molecule has 0 aliphatic carbocycles. The molecule has 0 radical (unpaired) electrons. The highest BCUT2D eigenvalue weighted by molar-refractivity contribution is 6.21. The van der Waals surface area contributed by atoms with E-state index in [4.69, 9.17) is 0 Å². The van der Waals surface area contributed by atoms with Crippen molar-refractivity contribution in [3.05, 3.63) is 71.0 Å². The number of aliphatic carboxylic acids is 1. The molecule has 2 N–H and O–H groups in total. The summed E-state index contributed by atoms with van der Waals surface area (Å²) in [5, 5.41) is 11.7. The van der Waals surface area contributed by atoms with Gasteiger partial charge in [-0.05, 0) is 36.8 Å². The summed E-state index contributed by atoms with van der Waals surface area (Å²) in [5.74, 6) is -3.48. The quantitative estimate of drug-likeness (QED) is 0.743. The van der Waals surface area contributed by atoms with Crippen molar-refractivity contribution >= 4 is 23.7 Å². The minimum atomic E-state index is -1.37. The van der Waals surface area contributed by atoms with Gasteiger partial charge in [0.25, 0.3) is 11.8 Å². The zero-order chi connectivity index (χ0) is 20.4. The van der Waals surface area contributed by atoms with Gasteiger partial charge in [-0.1, -0.05) is 24.3 Å². The van der Waals surface area contributed by atoms with Crippen LogP contribution in [0, 0.1) is 5.82 Å². The highest BCUT2D eigenvalue weighted by Gasteiger charge is 2.39. The molecular formula is C20H17FN2O5. The lowest BCUT2D eigenvalue weighted by atomic mass is 10.1. The van der Waals surface area contributed by atoms with Gasteiger partial charge in [0, 0.05) is 12.5 Å². The molecule has 2 aromatic carbocycles. The Kier molecular flexibility index (Phi) is 5.21. The van der Waals surface area contributed by atoms with Gasteiger partial charge >= 0.3 is 5.97 Å². The molecule has 0 spiro atoms. The van der Waals surface area contributed by atoms with Crippen LogP contribution in [0.15, 0.2) is 48.5 Å². The maximum Gasteiger partial charge on any atom is 0.330 e. The average Bonchev–Trinajstić information content (AvgIpc) is 2.91. The number of rotatable bonds is 6. The summed E-state index contributed by atoms with van der Waals surface area (Å²) in [5.41, 5.74) is 0.750. The fraction of sp³-hybridized carbons (Fsp3) is 0.200. The monoisotopic (exact) mass is 384 g/mol. The molecule has 1 heterocycles. The third-order valence-corrected chi connectivity index (χ3v) is 4.50. The van der Waals surface area contributed by atoms with Crippen LogP contribution >= 0.6 is 0 Å².